The molecule has 6 nitrogen and oxygen atoms in total. The number of carbonyl (C=O) groups excluding carboxylic acids is 2. The highest BCUT2D eigenvalue weighted by molar-refractivity contribution is 5.86. The summed E-state index contributed by atoms with van der Waals surface area (Å²) in [6, 6.07) is 0. The quantitative estimate of drug-likeness (QED) is 0.800. The fourth-order valence-electron chi connectivity index (χ4n) is 2.65. The zero-order chi connectivity index (χ0) is 15.6. The molecule has 1 fully saturated rings. The van der Waals surface area contributed by atoms with E-state index in [-0.39, 0.29) is 6.42 Å². The summed E-state index contributed by atoms with van der Waals surface area (Å²) in [6.07, 6.45) is 0.0576. The molecule has 1 aliphatic rings. The Morgan fingerprint density at radius 1 is 1.40 bits per heavy atom. The van der Waals surface area contributed by atoms with Gasteiger partial charge in [0.05, 0.1) is 13.2 Å². The van der Waals surface area contributed by atoms with Crippen molar-refractivity contribution in [2.45, 2.75) is 64.2 Å². The van der Waals surface area contributed by atoms with Crippen LogP contribution in [0.5, 0.6) is 0 Å². The number of hydrogen-bond donors (Lipinski definition) is 1. The van der Waals surface area contributed by atoms with Crippen LogP contribution in [0.3, 0.4) is 0 Å². The normalized spacial score (nSPS) is 24.4. The number of nitrogens with zero attached hydrogens (tertiary/aromatic N) is 1. The highest BCUT2D eigenvalue weighted by atomic mass is 16.6. The Morgan fingerprint density at radius 3 is 2.45 bits per heavy atom. The lowest BCUT2D eigenvalue weighted by Crippen LogP contribution is -2.56. The first-order chi connectivity index (χ1) is 9.12. The first-order valence-corrected chi connectivity index (χ1v) is 6.89. The molecule has 0 bridgehead atoms. The Balaban J connectivity index is 3.02. The maximum Gasteiger partial charge on any atom is 0.411 e. The molecule has 2 unspecified atom stereocenters. The van der Waals surface area contributed by atoms with E-state index in [0.29, 0.717) is 19.4 Å². The van der Waals surface area contributed by atoms with Crippen molar-refractivity contribution >= 4 is 12.1 Å². The first-order valence-electron chi connectivity index (χ1n) is 6.89. The van der Waals surface area contributed by atoms with Crippen LogP contribution >= 0.6 is 0 Å². The van der Waals surface area contributed by atoms with Crippen molar-refractivity contribution in [1.29, 1.82) is 0 Å². The average Bonchev–Trinajstić information content (AvgIpc) is 2.69. The summed E-state index contributed by atoms with van der Waals surface area (Å²) < 4.78 is 10.2. The van der Waals surface area contributed by atoms with E-state index in [1.807, 2.05) is 0 Å². The SMILES string of the molecule is COC(=O)C1(CC(C)O)CCCN1C(=O)OC(C)(C)C. The molecule has 6 heteroatoms. The predicted molar refractivity (Wildman–Crippen MR) is 73.2 cm³/mol. The number of rotatable bonds is 3. The van der Waals surface area contributed by atoms with Crippen molar-refractivity contribution in [1.82, 2.24) is 4.90 Å². The molecule has 1 N–H and O–H groups in total. The average molecular weight is 287 g/mol. The third-order valence-corrected chi connectivity index (χ3v) is 3.30. The van der Waals surface area contributed by atoms with Crippen molar-refractivity contribution in [3.05, 3.63) is 0 Å². The van der Waals surface area contributed by atoms with E-state index >= 15 is 0 Å². The van der Waals surface area contributed by atoms with Gasteiger partial charge in [0, 0.05) is 13.0 Å². The number of ether oxygens (including phenoxy) is 2. The van der Waals surface area contributed by atoms with E-state index in [9.17, 15) is 14.7 Å². The molecule has 2 atom stereocenters. The molecule has 0 radical (unpaired) electrons. The van der Waals surface area contributed by atoms with Crippen molar-refractivity contribution < 1.29 is 24.2 Å². The molecular formula is C14H25NO5. The van der Waals surface area contributed by atoms with Gasteiger partial charge in [0.1, 0.15) is 11.1 Å². The second-order valence-electron chi connectivity index (χ2n) is 6.31. The van der Waals surface area contributed by atoms with Gasteiger partial charge in [-0.2, -0.15) is 0 Å². The molecular weight excluding hydrogens is 262 g/mol. The fraction of sp³-hybridized carbons (Fsp3) is 0.857. The lowest BCUT2D eigenvalue weighted by atomic mass is 9.89. The molecule has 20 heavy (non-hydrogen) atoms. The molecule has 1 rings (SSSR count). The topological polar surface area (TPSA) is 76.1 Å². The van der Waals surface area contributed by atoms with Crippen LogP contribution in [0.2, 0.25) is 0 Å². The summed E-state index contributed by atoms with van der Waals surface area (Å²) in [4.78, 5) is 25.9. The molecule has 0 aromatic rings. The minimum Gasteiger partial charge on any atom is -0.467 e. The fourth-order valence-corrected chi connectivity index (χ4v) is 2.65. The van der Waals surface area contributed by atoms with Crippen LogP contribution in [-0.4, -0.2) is 53.0 Å². The summed E-state index contributed by atoms with van der Waals surface area (Å²) in [6.45, 7) is 7.34. The van der Waals surface area contributed by atoms with Crippen molar-refractivity contribution in [2.24, 2.45) is 0 Å². The lowest BCUT2D eigenvalue weighted by molar-refractivity contribution is -0.155. The standard InChI is InChI=1S/C14H25NO5/c1-10(16)9-14(11(17)19-5)7-6-8-15(14)12(18)20-13(2,3)4/h10,16H,6-9H2,1-5H3. The van der Waals surface area contributed by atoms with Crippen molar-refractivity contribution in [2.75, 3.05) is 13.7 Å². The highest BCUT2D eigenvalue weighted by Crippen LogP contribution is 2.36. The van der Waals surface area contributed by atoms with Crippen LogP contribution in [0, 0.1) is 0 Å². The third-order valence-electron chi connectivity index (χ3n) is 3.30. The maximum absolute atomic E-state index is 12.3. The molecule has 0 saturated carbocycles. The summed E-state index contributed by atoms with van der Waals surface area (Å²) in [7, 11) is 1.29. The summed E-state index contributed by atoms with van der Waals surface area (Å²) in [5.74, 6) is -0.498. The molecule has 0 aliphatic carbocycles. The molecule has 0 spiro atoms. The monoisotopic (exact) mass is 287 g/mol. The molecule has 0 aromatic carbocycles. The van der Waals surface area contributed by atoms with Gasteiger partial charge >= 0.3 is 12.1 Å². The molecule has 1 aliphatic heterocycles. The van der Waals surface area contributed by atoms with E-state index in [4.69, 9.17) is 9.47 Å². The maximum atomic E-state index is 12.3. The third kappa shape index (κ3) is 3.62. The van der Waals surface area contributed by atoms with E-state index in [0.717, 1.165) is 0 Å². The van der Waals surface area contributed by atoms with Gasteiger partial charge in [-0.05, 0) is 40.5 Å². The number of likely N-dealkylation sites (tertiary alicyclic amines) is 1. The second kappa shape index (κ2) is 5.99. The van der Waals surface area contributed by atoms with Crippen molar-refractivity contribution in [3.8, 4) is 0 Å². The summed E-state index contributed by atoms with van der Waals surface area (Å²) in [5.41, 5.74) is -1.75. The minimum atomic E-state index is -1.12. The van der Waals surface area contributed by atoms with Gasteiger partial charge in [0.2, 0.25) is 0 Å². The predicted octanol–water partition coefficient (Wildman–Crippen LogP) is 1.70. The number of aliphatic hydroxyl groups is 1. The van der Waals surface area contributed by atoms with Gasteiger partial charge in [-0.25, -0.2) is 9.59 Å². The van der Waals surface area contributed by atoms with E-state index < -0.39 is 29.3 Å². The Morgan fingerprint density at radius 2 is 2.00 bits per heavy atom. The molecule has 0 aromatic heterocycles. The summed E-state index contributed by atoms with van der Waals surface area (Å²) in [5, 5.41) is 9.67. The van der Waals surface area contributed by atoms with Crippen LogP contribution in [0.4, 0.5) is 4.79 Å². The van der Waals surface area contributed by atoms with Crippen LogP contribution in [-0.2, 0) is 14.3 Å². The zero-order valence-electron chi connectivity index (χ0n) is 12.9. The van der Waals surface area contributed by atoms with Gasteiger partial charge in [-0.15, -0.1) is 0 Å². The number of amides is 1. The van der Waals surface area contributed by atoms with Gasteiger partial charge in [0.15, 0.2) is 0 Å². The number of esters is 1. The first kappa shape index (κ1) is 16.8. The van der Waals surface area contributed by atoms with E-state index in [1.54, 1.807) is 27.7 Å². The van der Waals surface area contributed by atoms with Crippen molar-refractivity contribution in [3.63, 3.8) is 0 Å². The van der Waals surface area contributed by atoms with Gasteiger partial charge < -0.3 is 14.6 Å². The Hall–Kier alpha value is -1.30. The Bertz CT molecular complexity index is 374. The van der Waals surface area contributed by atoms with Crippen LogP contribution in [0.15, 0.2) is 0 Å². The molecule has 1 amide bonds. The van der Waals surface area contributed by atoms with Crippen LogP contribution in [0.25, 0.3) is 0 Å². The van der Waals surface area contributed by atoms with E-state index in [1.165, 1.54) is 12.0 Å². The zero-order valence-corrected chi connectivity index (χ0v) is 12.9. The van der Waals surface area contributed by atoms with Crippen LogP contribution < -0.4 is 0 Å². The van der Waals surface area contributed by atoms with E-state index in [2.05, 4.69) is 0 Å². The highest BCUT2D eigenvalue weighted by Gasteiger charge is 2.52. The van der Waals surface area contributed by atoms with Gasteiger partial charge in [0.25, 0.3) is 0 Å². The van der Waals surface area contributed by atoms with Gasteiger partial charge in [-0.3, -0.25) is 4.90 Å². The second-order valence-corrected chi connectivity index (χ2v) is 6.31. The number of methoxy groups -OCH3 is 1. The smallest absolute Gasteiger partial charge is 0.411 e. The molecule has 1 saturated heterocycles. The summed E-state index contributed by atoms with van der Waals surface area (Å²) >= 11 is 0. The van der Waals surface area contributed by atoms with Gasteiger partial charge in [-0.1, -0.05) is 0 Å². The number of carbonyl (C=O) groups is 2. The number of hydrogen-bond acceptors (Lipinski definition) is 5. The Labute approximate surface area is 120 Å². The molecule has 1 heterocycles. The Kier molecular flexibility index (Phi) is 5.02. The number of aliphatic hydroxyl groups excluding tert-OH is 1. The molecule has 116 valence electrons. The largest absolute Gasteiger partial charge is 0.467 e. The van der Waals surface area contributed by atoms with Crippen LogP contribution in [0.1, 0.15) is 47.0 Å². The minimum absolute atomic E-state index is 0.152. The lowest BCUT2D eigenvalue weighted by Gasteiger charge is -2.37.